The summed E-state index contributed by atoms with van der Waals surface area (Å²) < 4.78 is 1.47. The zero-order chi connectivity index (χ0) is 14.8. The third-order valence-electron chi connectivity index (χ3n) is 3.21. The first-order valence-electron chi connectivity index (χ1n) is 6.29. The summed E-state index contributed by atoms with van der Waals surface area (Å²) in [5.74, 6) is -0.434. The van der Waals surface area contributed by atoms with Crippen LogP contribution < -0.4 is 5.32 Å². The van der Waals surface area contributed by atoms with Crippen LogP contribution in [0.5, 0.6) is 0 Å². The summed E-state index contributed by atoms with van der Waals surface area (Å²) in [6.07, 6.45) is 4.67. The van der Waals surface area contributed by atoms with Crippen molar-refractivity contribution in [2.24, 2.45) is 0 Å². The average Bonchev–Trinajstić information content (AvgIpc) is 3.06. The van der Waals surface area contributed by atoms with E-state index in [0.29, 0.717) is 25.5 Å². The number of carboxylic acids is 1. The minimum atomic E-state index is -1.12. The van der Waals surface area contributed by atoms with Gasteiger partial charge in [0.2, 0.25) is 0 Å². The fourth-order valence-electron chi connectivity index (χ4n) is 2.01. The number of nitrogens with one attached hydrogen (secondary N) is 2. The van der Waals surface area contributed by atoms with Gasteiger partial charge in [-0.05, 0) is 0 Å². The van der Waals surface area contributed by atoms with Crippen LogP contribution in [0.3, 0.4) is 0 Å². The topological polar surface area (TPSA) is 129 Å². The minimum Gasteiger partial charge on any atom is -0.476 e. The van der Waals surface area contributed by atoms with E-state index >= 15 is 0 Å². The van der Waals surface area contributed by atoms with Gasteiger partial charge in [0, 0.05) is 25.5 Å². The zero-order valence-electron chi connectivity index (χ0n) is 10.9. The summed E-state index contributed by atoms with van der Waals surface area (Å²) >= 11 is 0. The Morgan fingerprint density at radius 2 is 2.29 bits per heavy atom. The van der Waals surface area contributed by atoms with Gasteiger partial charge in [-0.15, -0.1) is 5.10 Å². The third-order valence-corrected chi connectivity index (χ3v) is 3.21. The number of aromatic nitrogens is 5. The van der Waals surface area contributed by atoms with Gasteiger partial charge < -0.3 is 20.3 Å². The van der Waals surface area contributed by atoms with E-state index in [1.807, 2.05) is 0 Å². The minimum absolute atomic E-state index is 0.0417. The summed E-state index contributed by atoms with van der Waals surface area (Å²) in [5, 5.41) is 18.8. The lowest BCUT2D eigenvalue weighted by atomic mass is 10.1. The van der Waals surface area contributed by atoms with Gasteiger partial charge in [-0.25, -0.2) is 19.3 Å². The number of amides is 2. The van der Waals surface area contributed by atoms with Crippen molar-refractivity contribution in [3.05, 3.63) is 30.1 Å². The molecule has 0 spiro atoms. The van der Waals surface area contributed by atoms with Crippen molar-refractivity contribution in [1.29, 1.82) is 0 Å². The number of hydrogen-bond acceptors (Lipinski definition) is 5. The van der Waals surface area contributed by atoms with Crippen LogP contribution in [0, 0.1) is 0 Å². The Balaban J connectivity index is 1.48. The van der Waals surface area contributed by atoms with Crippen LogP contribution in [0.25, 0.3) is 0 Å². The van der Waals surface area contributed by atoms with Crippen molar-refractivity contribution < 1.29 is 14.7 Å². The maximum Gasteiger partial charge on any atom is 0.358 e. The lowest BCUT2D eigenvalue weighted by Gasteiger charge is -2.38. The van der Waals surface area contributed by atoms with Crippen molar-refractivity contribution in [2.45, 2.75) is 12.6 Å². The summed E-state index contributed by atoms with van der Waals surface area (Å²) in [5.41, 5.74) is -0.101. The van der Waals surface area contributed by atoms with Gasteiger partial charge in [-0.2, -0.15) is 0 Å². The van der Waals surface area contributed by atoms with Crippen LogP contribution in [0.2, 0.25) is 0 Å². The number of aromatic amines is 1. The van der Waals surface area contributed by atoms with Crippen LogP contribution in [-0.2, 0) is 6.54 Å². The van der Waals surface area contributed by atoms with Gasteiger partial charge in [0.05, 0.1) is 18.8 Å². The summed E-state index contributed by atoms with van der Waals surface area (Å²) in [6, 6.07) is -0.235. The van der Waals surface area contributed by atoms with Crippen LogP contribution in [0.4, 0.5) is 4.79 Å². The van der Waals surface area contributed by atoms with Crippen molar-refractivity contribution >= 4 is 12.0 Å². The second-order valence-corrected chi connectivity index (χ2v) is 4.64. The number of carboxylic acid groups (broad SMARTS) is 1. The maximum absolute atomic E-state index is 11.8. The second-order valence-electron chi connectivity index (χ2n) is 4.64. The van der Waals surface area contributed by atoms with Gasteiger partial charge in [-0.3, -0.25) is 0 Å². The molecule has 1 saturated heterocycles. The Hall–Kier alpha value is -2.91. The molecule has 0 bridgehead atoms. The van der Waals surface area contributed by atoms with E-state index in [1.54, 1.807) is 17.3 Å². The van der Waals surface area contributed by atoms with Crippen LogP contribution in [0.1, 0.15) is 22.4 Å². The van der Waals surface area contributed by atoms with Crippen LogP contribution >= 0.6 is 0 Å². The number of nitrogens with zero attached hydrogens (tertiary/aromatic N) is 5. The Labute approximate surface area is 118 Å². The highest BCUT2D eigenvalue weighted by Crippen LogP contribution is 2.20. The van der Waals surface area contributed by atoms with Gasteiger partial charge in [0.25, 0.3) is 0 Å². The largest absolute Gasteiger partial charge is 0.476 e. The van der Waals surface area contributed by atoms with E-state index in [2.05, 4.69) is 25.6 Å². The molecule has 21 heavy (non-hydrogen) atoms. The van der Waals surface area contributed by atoms with Gasteiger partial charge >= 0.3 is 12.0 Å². The molecule has 1 aliphatic heterocycles. The molecule has 10 nitrogen and oxygen atoms in total. The van der Waals surface area contributed by atoms with Crippen LogP contribution in [-0.4, -0.2) is 60.1 Å². The average molecular weight is 291 g/mol. The number of likely N-dealkylation sites (tertiary alicyclic amines) is 1. The smallest absolute Gasteiger partial charge is 0.358 e. The summed E-state index contributed by atoms with van der Waals surface area (Å²) in [6.45, 7) is 1.26. The first-order valence-corrected chi connectivity index (χ1v) is 6.29. The normalized spacial score (nSPS) is 14.8. The molecule has 0 radical (unpaired) electrons. The molecule has 3 N–H and O–H groups in total. The molecule has 0 aromatic carbocycles. The van der Waals surface area contributed by atoms with E-state index in [0.717, 1.165) is 0 Å². The predicted molar refractivity (Wildman–Crippen MR) is 68.4 cm³/mol. The first kappa shape index (κ1) is 13.1. The van der Waals surface area contributed by atoms with Crippen LogP contribution in [0.15, 0.2) is 18.6 Å². The molecular formula is C11H13N7O3. The molecule has 2 aromatic rings. The van der Waals surface area contributed by atoms with E-state index in [1.165, 1.54) is 10.9 Å². The van der Waals surface area contributed by atoms with Crippen molar-refractivity contribution in [3.8, 4) is 0 Å². The lowest BCUT2D eigenvalue weighted by Crippen LogP contribution is -2.54. The third kappa shape index (κ3) is 2.68. The molecule has 1 fully saturated rings. The molecular weight excluding hydrogens is 278 g/mol. The van der Waals surface area contributed by atoms with E-state index in [9.17, 15) is 9.59 Å². The highest BCUT2D eigenvalue weighted by atomic mass is 16.4. The number of carbonyl (C=O) groups excluding carboxylic acids is 1. The number of aromatic carboxylic acids is 1. The van der Waals surface area contributed by atoms with Gasteiger partial charge in [-0.1, -0.05) is 5.21 Å². The molecule has 3 rings (SSSR count). The zero-order valence-corrected chi connectivity index (χ0v) is 10.9. The monoisotopic (exact) mass is 291 g/mol. The molecule has 10 heteroatoms. The number of urea groups is 1. The number of hydrogen-bond donors (Lipinski definition) is 3. The van der Waals surface area contributed by atoms with Crippen molar-refractivity contribution in [3.63, 3.8) is 0 Å². The molecule has 1 aliphatic rings. The first-order chi connectivity index (χ1) is 10.1. The molecule has 2 amide bonds. The van der Waals surface area contributed by atoms with E-state index < -0.39 is 5.97 Å². The highest BCUT2D eigenvalue weighted by molar-refractivity contribution is 5.84. The lowest BCUT2D eigenvalue weighted by molar-refractivity contribution is 0.0690. The standard InChI is InChI=1S/C11H13N7O3/c19-10(20)8-6-18(16-15-8)7-4-17(5-7)11(21)14-3-9-12-1-2-13-9/h1-2,6-7H,3-5H2,(H,12,13)(H,14,21)(H,19,20). The predicted octanol–water partition coefficient (Wildman–Crippen LogP) is -0.534. The van der Waals surface area contributed by atoms with Gasteiger partial charge in [0.15, 0.2) is 5.69 Å². The maximum atomic E-state index is 11.8. The quantitative estimate of drug-likeness (QED) is 0.694. The summed E-state index contributed by atoms with van der Waals surface area (Å²) in [4.78, 5) is 31.1. The fourth-order valence-corrected chi connectivity index (χ4v) is 2.01. The van der Waals surface area contributed by atoms with E-state index in [-0.39, 0.29) is 17.8 Å². The fraction of sp³-hybridized carbons (Fsp3) is 0.364. The van der Waals surface area contributed by atoms with Gasteiger partial charge in [0.1, 0.15) is 5.82 Å². The van der Waals surface area contributed by atoms with Crippen molar-refractivity contribution in [1.82, 2.24) is 35.2 Å². The molecule has 0 saturated carbocycles. The summed E-state index contributed by atoms with van der Waals surface area (Å²) in [7, 11) is 0. The number of carbonyl (C=O) groups is 2. The number of H-pyrrole nitrogens is 1. The Kier molecular flexibility index (Phi) is 3.26. The second kappa shape index (κ2) is 5.23. The van der Waals surface area contributed by atoms with Crippen molar-refractivity contribution in [2.75, 3.05) is 13.1 Å². The Bertz CT molecular complexity index is 645. The number of imidazole rings is 1. The highest BCUT2D eigenvalue weighted by Gasteiger charge is 2.33. The number of rotatable bonds is 4. The molecule has 0 unspecified atom stereocenters. The Morgan fingerprint density at radius 1 is 1.48 bits per heavy atom. The Morgan fingerprint density at radius 3 is 2.90 bits per heavy atom. The molecule has 0 atom stereocenters. The molecule has 3 heterocycles. The molecule has 0 aliphatic carbocycles. The SMILES string of the molecule is O=C(O)c1cn(C2CN(C(=O)NCc3ncc[nH]3)C2)nn1. The molecule has 2 aromatic heterocycles. The molecule has 110 valence electrons. The van der Waals surface area contributed by atoms with E-state index in [4.69, 9.17) is 5.11 Å².